The molecule has 0 unspecified atom stereocenters. The molecule has 0 aliphatic rings. The number of rotatable bonds is 8. The summed E-state index contributed by atoms with van der Waals surface area (Å²) in [6.07, 6.45) is 5.48. The van der Waals surface area contributed by atoms with Crippen molar-refractivity contribution in [2.24, 2.45) is 0 Å². The number of aromatic nitrogens is 1. The molecule has 0 saturated carbocycles. The van der Waals surface area contributed by atoms with Gasteiger partial charge < -0.3 is 5.32 Å². The Morgan fingerprint density at radius 3 is 2.86 bits per heavy atom. The maximum atomic E-state index is 11.8. The largest absolute Gasteiger partial charge is 0.355 e. The molecular weight excluding hydrogens is 316 g/mol. The molecule has 1 aromatic heterocycles. The van der Waals surface area contributed by atoms with Gasteiger partial charge in [0.25, 0.3) is 0 Å². The van der Waals surface area contributed by atoms with Gasteiger partial charge in [-0.05, 0) is 36.1 Å². The molecule has 5 heteroatoms. The van der Waals surface area contributed by atoms with Gasteiger partial charge in [-0.3, -0.25) is 9.78 Å². The molecule has 0 aliphatic carbocycles. The lowest BCUT2D eigenvalue weighted by Gasteiger charge is -2.06. The highest BCUT2D eigenvalue weighted by atomic mass is 35.5. The predicted octanol–water partition coefficient (Wildman–Crippen LogP) is 3.72. The van der Waals surface area contributed by atoms with E-state index in [9.17, 15) is 4.79 Å². The van der Waals surface area contributed by atoms with Crippen LogP contribution >= 0.6 is 23.4 Å². The summed E-state index contributed by atoms with van der Waals surface area (Å²) in [5.74, 6) is 1.28. The van der Waals surface area contributed by atoms with Crippen molar-refractivity contribution < 1.29 is 4.79 Å². The van der Waals surface area contributed by atoms with Crippen molar-refractivity contribution in [2.45, 2.75) is 18.6 Å². The van der Waals surface area contributed by atoms with Crippen LogP contribution in [0.5, 0.6) is 0 Å². The average Bonchev–Trinajstić information content (AvgIpc) is 2.54. The fourth-order valence-corrected chi connectivity index (χ4v) is 3.13. The third-order valence-electron chi connectivity index (χ3n) is 3.14. The van der Waals surface area contributed by atoms with Gasteiger partial charge in [-0.15, -0.1) is 11.8 Å². The van der Waals surface area contributed by atoms with Gasteiger partial charge in [0.15, 0.2) is 0 Å². The number of hydrogen-bond acceptors (Lipinski definition) is 3. The van der Waals surface area contributed by atoms with Gasteiger partial charge in [0, 0.05) is 29.7 Å². The van der Waals surface area contributed by atoms with Gasteiger partial charge in [0.2, 0.25) is 5.91 Å². The Morgan fingerprint density at radius 2 is 2.09 bits per heavy atom. The van der Waals surface area contributed by atoms with E-state index in [4.69, 9.17) is 11.6 Å². The Hall–Kier alpha value is -1.52. The maximum absolute atomic E-state index is 11.8. The Balaban J connectivity index is 1.57. The minimum Gasteiger partial charge on any atom is -0.355 e. The smallest absolute Gasteiger partial charge is 0.230 e. The summed E-state index contributed by atoms with van der Waals surface area (Å²) in [7, 11) is 0. The molecule has 0 fully saturated rings. The molecule has 0 saturated heterocycles. The SMILES string of the molecule is O=C(CSCc1ccccc1Cl)NCCCc1cccnc1. The molecule has 1 aromatic carbocycles. The molecule has 1 amide bonds. The van der Waals surface area contributed by atoms with Crippen LogP contribution in [0.3, 0.4) is 0 Å². The average molecular weight is 335 g/mol. The fraction of sp³-hybridized carbons (Fsp3) is 0.294. The number of nitrogens with one attached hydrogen (secondary N) is 1. The van der Waals surface area contributed by atoms with Crippen LogP contribution in [0.2, 0.25) is 5.02 Å². The molecule has 1 heterocycles. The van der Waals surface area contributed by atoms with Crippen LogP contribution < -0.4 is 5.32 Å². The predicted molar refractivity (Wildman–Crippen MR) is 93.2 cm³/mol. The summed E-state index contributed by atoms with van der Waals surface area (Å²) in [6.45, 7) is 0.695. The number of benzene rings is 1. The van der Waals surface area contributed by atoms with Crippen molar-refractivity contribution in [3.05, 3.63) is 64.9 Å². The molecule has 0 spiro atoms. The topological polar surface area (TPSA) is 42.0 Å². The van der Waals surface area contributed by atoms with Crippen LogP contribution in [0.25, 0.3) is 0 Å². The lowest BCUT2D eigenvalue weighted by molar-refractivity contribution is -0.118. The highest BCUT2D eigenvalue weighted by Gasteiger charge is 2.03. The van der Waals surface area contributed by atoms with Crippen molar-refractivity contribution >= 4 is 29.3 Å². The number of halogens is 1. The van der Waals surface area contributed by atoms with Crippen LogP contribution in [-0.4, -0.2) is 23.2 Å². The quantitative estimate of drug-likeness (QED) is 0.748. The second kappa shape index (κ2) is 9.49. The minimum absolute atomic E-state index is 0.0724. The number of carbonyl (C=O) groups excluding carboxylic acids is 1. The van der Waals surface area contributed by atoms with E-state index in [0.29, 0.717) is 12.3 Å². The van der Waals surface area contributed by atoms with Crippen molar-refractivity contribution in [1.82, 2.24) is 10.3 Å². The van der Waals surface area contributed by atoms with E-state index in [-0.39, 0.29) is 5.91 Å². The Labute approximate surface area is 140 Å². The first kappa shape index (κ1) is 16.8. The first-order chi connectivity index (χ1) is 10.8. The number of amides is 1. The van der Waals surface area contributed by atoms with E-state index in [1.54, 1.807) is 18.0 Å². The lowest BCUT2D eigenvalue weighted by atomic mass is 10.1. The van der Waals surface area contributed by atoms with Crippen molar-refractivity contribution in [2.75, 3.05) is 12.3 Å². The molecule has 1 N–H and O–H groups in total. The first-order valence-electron chi connectivity index (χ1n) is 7.22. The third kappa shape index (κ3) is 6.08. The van der Waals surface area contributed by atoms with E-state index >= 15 is 0 Å². The van der Waals surface area contributed by atoms with Crippen LogP contribution in [0.4, 0.5) is 0 Å². The van der Waals surface area contributed by atoms with E-state index < -0.39 is 0 Å². The summed E-state index contributed by atoms with van der Waals surface area (Å²) in [5, 5.41) is 3.70. The van der Waals surface area contributed by atoms with Gasteiger partial charge in [-0.1, -0.05) is 35.9 Å². The number of thioether (sulfide) groups is 1. The Morgan fingerprint density at radius 1 is 1.23 bits per heavy atom. The standard InChI is InChI=1S/C17H19ClN2OS/c18-16-8-2-1-7-15(16)12-22-13-17(21)20-10-4-6-14-5-3-9-19-11-14/h1-3,5,7-9,11H,4,6,10,12-13H2,(H,20,21). The van der Waals surface area contributed by atoms with Crippen LogP contribution in [0.1, 0.15) is 17.5 Å². The zero-order chi connectivity index (χ0) is 15.6. The first-order valence-corrected chi connectivity index (χ1v) is 8.76. The Bertz CT molecular complexity index is 592. The summed E-state index contributed by atoms with van der Waals surface area (Å²) < 4.78 is 0. The number of carbonyl (C=O) groups is 1. The van der Waals surface area contributed by atoms with Gasteiger partial charge in [-0.25, -0.2) is 0 Å². The molecule has 116 valence electrons. The highest BCUT2D eigenvalue weighted by Crippen LogP contribution is 2.20. The second-order valence-electron chi connectivity index (χ2n) is 4.90. The van der Waals surface area contributed by atoms with Crippen LogP contribution in [-0.2, 0) is 17.0 Å². The van der Waals surface area contributed by atoms with E-state index in [0.717, 1.165) is 29.2 Å². The third-order valence-corrected chi connectivity index (χ3v) is 4.49. The molecule has 0 bridgehead atoms. The normalized spacial score (nSPS) is 10.4. The van der Waals surface area contributed by atoms with Gasteiger partial charge >= 0.3 is 0 Å². The van der Waals surface area contributed by atoms with Crippen LogP contribution in [0.15, 0.2) is 48.8 Å². The summed E-state index contributed by atoms with van der Waals surface area (Å²) in [4.78, 5) is 15.8. The van der Waals surface area contributed by atoms with E-state index in [1.807, 2.05) is 42.6 Å². The summed E-state index contributed by atoms with van der Waals surface area (Å²) >= 11 is 7.66. The zero-order valence-electron chi connectivity index (χ0n) is 12.3. The molecule has 22 heavy (non-hydrogen) atoms. The molecule has 2 rings (SSSR count). The summed E-state index contributed by atoms with van der Waals surface area (Å²) in [6, 6.07) is 11.7. The monoisotopic (exact) mass is 334 g/mol. The molecular formula is C17H19ClN2OS. The number of pyridine rings is 1. The van der Waals surface area contributed by atoms with E-state index in [2.05, 4.69) is 10.3 Å². The minimum atomic E-state index is 0.0724. The number of aryl methyl sites for hydroxylation is 1. The van der Waals surface area contributed by atoms with Crippen LogP contribution in [0, 0.1) is 0 Å². The van der Waals surface area contributed by atoms with Crippen molar-refractivity contribution in [3.63, 3.8) is 0 Å². The molecule has 0 radical (unpaired) electrons. The van der Waals surface area contributed by atoms with E-state index in [1.165, 1.54) is 5.56 Å². The fourth-order valence-electron chi connectivity index (χ4n) is 1.99. The molecule has 3 nitrogen and oxygen atoms in total. The van der Waals surface area contributed by atoms with Crippen molar-refractivity contribution in [1.29, 1.82) is 0 Å². The molecule has 0 aliphatic heterocycles. The van der Waals surface area contributed by atoms with Crippen molar-refractivity contribution in [3.8, 4) is 0 Å². The van der Waals surface area contributed by atoms with Gasteiger partial charge in [0.1, 0.15) is 0 Å². The second-order valence-corrected chi connectivity index (χ2v) is 6.29. The highest BCUT2D eigenvalue weighted by molar-refractivity contribution is 7.99. The van der Waals surface area contributed by atoms with Gasteiger partial charge in [0.05, 0.1) is 5.75 Å². The maximum Gasteiger partial charge on any atom is 0.230 e. The molecule has 2 aromatic rings. The lowest BCUT2D eigenvalue weighted by Crippen LogP contribution is -2.26. The summed E-state index contributed by atoms with van der Waals surface area (Å²) in [5.41, 5.74) is 2.27. The molecule has 0 atom stereocenters. The zero-order valence-corrected chi connectivity index (χ0v) is 13.9. The van der Waals surface area contributed by atoms with Gasteiger partial charge in [-0.2, -0.15) is 0 Å². The number of nitrogens with zero attached hydrogens (tertiary/aromatic N) is 1. The Kier molecular flexibility index (Phi) is 7.26. The number of hydrogen-bond donors (Lipinski definition) is 1.